The Morgan fingerprint density at radius 3 is 1.00 bits per heavy atom. The Bertz CT molecular complexity index is 189. The van der Waals surface area contributed by atoms with E-state index in [1.54, 1.807) is 0 Å². The van der Waals surface area contributed by atoms with Crippen LogP contribution in [0.2, 0.25) is 0 Å². The summed E-state index contributed by atoms with van der Waals surface area (Å²) in [5.41, 5.74) is 0. The molecule has 8 nitrogen and oxygen atoms in total. The fraction of sp³-hybridized carbons (Fsp3) is 0. The summed E-state index contributed by atoms with van der Waals surface area (Å²) in [6.07, 6.45) is 0. The summed E-state index contributed by atoms with van der Waals surface area (Å²) >= 11 is 0. The zero-order valence-electron chi connectivity index (χ0n) is 10.3. The minimum Gasteiger partial charge on any atom is -1.00 e. The Kier molecular flexibility index (Phi) is 23.0. The van der Waals surface area contributed by atoms with Gasteiger partial charge < -0.3 is 30.6 Å². The average Bonchev–Trinajstić information content (AvgIpc) is 1.59. The zero-order valence-corrected chi connectivity index (χ0v) is 16.1. The van der Waals surface area contributed by atoms with E-state index in [4.69, 9.17) is 39.0 Å². The summed E-state index contributed by atoms with van der Waals surface area (Å²) in [5, 5.41) is 14.8. The minimum absolute atomic E-state index is 0. The quantitative estimate of drug-likeness (QED) is 0.155. The third-order valence-electron chi connectivity index (χ3n) is 0.183. The number of carboxylic acid groups (broad SMARTS) is 2. The summed E-state index contributed by atoms with van der Waals surface area (Å²) in [6.45, 7) is 0. The van der Waals surface area contributed by atoms with Crippen LogP contribution < -0.4 is 0 Å². The van der Waals surface area contributed by atoms with Gasteiger partial charge >= 0.3 is 118 Å². The molecule has 0 aliphatic rings. The van der Waals surface area contributed by atoms with Gasteiger partial charge in [0.15, 0.2) is 0 Å². The Hall–Kier alpha value is 2.19. The number of aliphatic carboxylic acids is 2. The Morgan fingerprint density at radius 2 is 1.00 bits per heavy atom. The van der Waals surface area contributed by atoms with Gasteiger partial charge in [-0.25, -0.2) is 14.2 Å². The average molecular weight is 467 g/mol. The molecule has 0 amide bonds. The van der Waals surface area contributed by atoms with Crippen molar-refractivity contribution in [1.29, 1.82) is 0 Å². The maximum atomic E-state index is 9.10. The van der Waals surface area contributed by atoms with E-state index in [1.165, 1.54) is 0 Å². The van der Waals surface area contributed by atoms with Crippen LogP contribution in [0.15, 0.2) is 0 Å². The van der Waals surface area contributed by atoms with E-state index in [2.05, 4.69) is 0 Å². The van der Waals surface area contributed by atoms with Crippen molar-refractivity contribution in [2.75, 3.05) is 0 Å². The van der Waals surface area contributed by atoms with Crippen molar-refractivity contribution >= 4 is 118 Å². The van der Waals surface area contributed by atoms with E-state index >= 15 is 0 Å². The van der Waals surface area contributed by atoms with Crippen molar-refractivity contribution in [3.8, 4) is 0 Å². The molecule has 0 aromatic heterocycles. The Labute approximate surface area is 159 Å². The molecular weight excluding hydrogens is 458 g/mol. The summed E-state index contributed by atoms with van der Waals surface area (Å²) in [4.78, 5) is 39.8. The summed E-state index contributed by atoms with van der Waals surface area (Å²) in [6, 6.07) is 0. The summed E-state index contributed by atoms with van der Waals surface area (Å²) < 4.78 is 8.88. The number of carboxylic acids is 2. The van der Waals surface area contributed by atoms with Gasteiger partial charge in [0.1, 0.15) is 0 Å². The molecule has 0 fully saturated rings. The van der Waals surface area contributed by atoms with E-state index in [0.717, 1.165) is 0 Å². The Morgan fingerprint density at radius 1 is 0.923 bits per heavy atom. The fourth-order valence-electron chi connectivity index (χ4n) is 0. The molecule has 0 heterocycles. The van der Waals surface area contributed by atoms with Crippen LogP contribution in [-0.4, -0.2) is 135 Å². The summed E-state index contributed by atoms with van der Waals surface area (Å²) in [7, 11) is -4.64. The van der Waals surface area contributed by atoms with Gasteiger partial charge in [0.2, 0.25) is 0 Å². The number of rotatable bonds is 0. The molecule has 0 unspecified atom stereocenters. The molecule has 13 heavy (non-hydrogen) atoms. The zero-order chi connectivity index (χ0) is 9.65. The molecule has 0 aliphatic carbocycles. The predicted molar refractivity (Wildman–Crippen MR) is 45.5 cm³/mol. The van der Waals surface area contributed by atoms with Crippen molar-refractivity contribution in [2.45, 2.75) is 0 Å². The third-order valence-corrected chi connectivity index (χ3v) is 0.183. The van der Waals surface area contributed by atoms with Gasteiger partial charge in [-0.1, -0.05) is 0 Å². The second-order valence-electron chi connectivity index (χ2n) is 1.12. The number of phosphoric acid groups is 1. The van der Waals surface area contributed by atoms with Crippen molar-refractivity contribution in [3.05, 3.63) is 0 Å². The summed E-state index contributed by atoms with van der Waals surface area (Å²) in [5.74, 6) is -3.65. The minimum atomic E-state index is -4.64. The van der Waals surface area contributed by atoms with E-state index in [0.29, 0.717) is 0 Å². The topological polar surface area (TPSA) is 152 Å². The van der Waals surface area contributed by atoms with Crippen LogP contribution in [0.4, 0.5) is 0 Å². The number of hydrogen-bond acceptors (Lipinski definition) is 3. The first-order valence-electron chi connectivity index (χ1n) is 1.89. The van der Waals surface area contributed by atoms with Crippen LogP contribution >= 0.6 is 7.82 Å². The van der Waals surface area contributed by atoms with E-state index < -0.39 is 19.8 Å². The van der Waals surface area contributed by atoms with E-state index in [9.17, 15) is 0 Å². The monoisotopic (exact) mass is 468 g/mol. The van der Waals surface area contributed by atoms with Gasteiger partial charge in [-0.3, -0.25) is 0 Å². The molecular formula is C2H9Ba2O8P. The molecule has 0 bridgehead atoms. The molecule has 0 atom stereocenters. The molecule has 11 heteroatoms. The van der Waals surface area contributed by atoms with Crippen LogP contribution in [0.3, 0.4) is 0 Å². The first-order chi connectivity index (χ1) is 4.64. The fourth-order valence-corrected chi connectivity index (χ4v) is 0. The van der Waals surface area contributed by atoms with Gasteiger partial charge in [0.05, 0.1) is 0 Å². The second-order valence-corrected chi connectivity index (χ2v) is 2.15. The standard InChI is InChI=1S/C2H2O4.2Ba.H3O4P.4H/c3-1(4)2(5)6;;;1-5(2,3)4;;;;/h(H,3,4)(H,5,6);;;(H3,1,2,3,4);;;;/q;2*+2;;4*-1. The molecule has 74 valence electrons. The molecule has 5 N–H and O–H groups in total. The molecule has 0 saturated heterocycles. The molecule has 0 aromatic carbocycles. The molecule has 0 radical (unpaired) electrons. The van der Waals surface area contributed by atoms with Crippen molar-refractivity contribution < 1.29 is 44.8 Å². The largest absolute Gasteiger partial charge is 2.00 e. The van der Waals surface area contributed by atoms with Gasteiger partial charge in [-0.05, 0) is 0 Å². The number of hydrogen-bond donors (Lipinski definition) is 5. The van der Waals surface area contributed by atoms with E-state index in [1.807, 2.05) is 0 Å². The van der Waals surface area contributed by atoms with Crippen LogP contribution in [0, 0.1) is 0 Å². The van der Waals surface area contributed by atoms with Crippen LogP contribution in [-0.2, 0) is 14.2 Å². The van der Waals surface area contributed by atoms with Gasteiger partial charge in [-0.2, -0.15) is 0 Å². The maximum Gasteiger partial charge on any atom is 2.00 e. The molecule has 0 aliphatic heterocycles. The van der Waals surface area contributed by atoms with Gasteiger partial charge in [-0.15, -0.1) is 0 Å². The number of carbonyl (C=O) groups is 2. The van der Waals surface area contributed by atoms with Crippen molar-refractivity contribution in [1.82, 2.24) is 0 Å². The van der Waals surface area contributed by atoms with Crippen LogP contribution in [0.5, 0.6) is 0 Å². The molecule has 0 aromatic rings. The predicted octanol–water partition coefficient (Wildman–Crippen LogP) is -2.08. The molecule has 0 spiro atoms. The smallest absolute Gasteiger partial charge is 1.00 e. The van der Waals surface area contributed by atoms with Crippen molar-refractivity contribution in [3.63, 3.8) is 0 Å². The Balaban J connectivity index is -0.0000000118. The SMILES string of the molecule is O=C(O)C(=O)O.O=P(O)(O)O.[Ba+2].[Ba+2].[H-].[H-].[H-].[H-]. The second kappa shape index (κ2) is 12.3. The van der Waals surface area contributed by atoms with Crippen LogP contribution in [0.25, 0.3) is 0 Å². The van der Waals surface area contributed by atoms with Crippen molar-refractivity contribution in [2.24, 2.45) is 0 Å². The molecule has 0 saturated carbocycles. The first kappa shape index (κ1) is 24.4. The molecule has 0 rings (SSSR count). The van der Waals surface area contributed by atoms with Gasteiger partial charge in [0.25, 0.3) is 0 Å². The van der Waals surface area contributed by atoms with Gasteiger partial charge in [0, 0.05) is 0 Å². The first-order valence-corrected chi connectivity index (χ1v) is 3.45. The maximum absolute atomic E-state index is 9.10. The third kappa shape index (κ3) is 55.0. The normalized spacial score (nSPS) is 7.92. The van der Waals surface area contributed by atoms with E-state index in [-0.39, 0.29) is 103 Å². The van der Waals surface area contributed by atoms with Crippen LogP contribution in [0.1, 0.15) is 5.71 Å².